The highest BCUT2D eigenvalue weighted by molar-refractivity contribution is 7.89. The average molecular weight is 349 g/mol. The van der Waals surface area contributed by atoms with E-state index in [1.807, 2.05) is 0 Å². The lowest BCUT2D eigenvalue weighted by Crippen LogP contribution is -2.38. The SMILES string of the molecule is CC(=O)c1ccc(S(=O)(=O)N2CCC(c3nnc(C)o3)CC2)cc1. The smallest absolute Gasteiger partial charge is 0.243 e. The zero-order valence-corrected chi connectivity index (χ0v) is 14.4. The molecular formula is C16H19N3O4S. The number of carbonyl (C=O) groups excluding carboxylic acids is 1. The molecule has 0 aliphatic carbocycles. The maximum atomic E-state index is 12.7. The van der Waals surface area contributed by atoms with Gasteiger partial charge in [0.25, 0.3) is 0 Å². The van der Waals surface area contributed by atoms with Gasteiger partial charge in [-0.3, -0.25) is 4.79 Å². The molecule has 8 heteroatoms. The van der Waals surface area contributed by atoms with Crippen molar-refractivity contribution in [1.29, 1.82) is 0 Å². The molecule has 0 N–H and O–H groups in total. The van der Waals surface area contributed by atoms with Gasteiger partial charge in [-0.25, -0.2) is 8.42 Å². The molecule has 2 aromatic rings. The maximum absolute atomic E-state index is 12.7. The first kappa shape index (κ1) is 16.8. The molecule has 1 saturated heterocycles. The number of hydrogen-bond donors (Lipinski definition) is 0. The van der Waals surface area contributed by atoms with Crippen LogP contribution >= 0.6 is 0 Å². The highest BCUT2D eigenvalue weighted by atomic mass is 32.2. The van der Waals surface area contributed by atoms with Gasteiger partial charge in [-0.05, 0) is 31.9 Å². The summed E-state index contributed by atoms with van der Waals surface area (Å²) in [6, 6.07) is 6.06. The third kappa shape index (κ3) is 3.25. The lowest BCUT2D eigenvalue weighted by molar-refractivity contribution is 0.101. The van der Waals surface area contributed by atoms with Gasteiger partial charge in [-0.1, -0.05) is 12.1 Å². The average Bonchev–Trinajstić information content (AvgIpc) is 3.01. The molecular weight excluding hydrogens is 330 g/mol. The van der Waals surface area contributed by atoms with Gasteiger partial charge in [0.2, 0.25) is 21.8 Å². The summed E-state index contributed by atoms with van der Waals surface area (Å²) < 4.78 is 32.3. The monoisotopic (exact) mass is 349 g/mol. The fourth-order valence-electron chi connectivity index (χ4n) is 2.83. The predicted molar refractivity (Wildman–Crippen MR) is 86.2 cm³/mol. The summed E-state index contributed by atoms with van der Waals surface area (Å²) in [7, 11) is -3.55. The van der Waals surface area contributed by atoms with Crippen molar-refractivity contribution in [3.8, 4) is 0 Å². The number of hydrogen-bond acceptors (Lipinski definition) is 6. The van der Waals surface area contributed by atoms with E-state index in [1.165, 1.54) is 23.4 Å². The summed E-state index contributed by atoms with van der Waals surface area (Å²) >= 11 is 0. The van der Waals surface area contributed by atoms with Crippen LogP contribution in [0, 0.1) is 6.92 Å². The molecule has 7 nitrogen and oxygen atoms in total. The molecule has 0 saturated carbocycles. The number of ketones is 1. The summed E-state index contributed by atoms with van der Waals surface area (Å²) in [5, 5.41) is 7.85. The van der Waals surface area contributed by atoms with E-state index in [4.69, 9.17) is 4.42 Å². The first-order chi connectivity index (χ1) is 11.4. The Balaban J connectivity index is 1.71. The number of aromatic nitrogens is 2. The van der Waals surface area contributed by atoms with E-state index in [0.717, 1.165) is 0 Å². The number of Topliss-reactive ketones (excluding diaryl/α,β-unsaturated/α-hetero) is 1. The second kappa shape index (κ2) is 6.45. The van der Waals surface area contributed by atoms with Crippen molar-refractivity contribution in [2.75, 3.05) is 13.1 Å². The molecule has 3 rings (SSSR count). The molecule has 1 aliphatic heterocycles. The van der Waals surface area contributed by atoms with Gasteiger partial charge in [-0.2, -0.15) is 4.31 Å². The van der Waals surface area contributed by atoms with Crippen LogP contribution in [0.5, 0.6) is 0 Å². The Morgan fingerprint density at radius 3 is 2.29 bits per heavy atom. The molecule has 128 valence electrons. The van der Waals surface area contributed by atoms with Crippen LogP contribution in [0.1, 0.15) is 47.8 Å². The third-order valence-corrected chi connectivity index (χ3v) is 6.16. The van der Waals surface area contributed by atoms with E-state index in [-0.39, 0.29) is 16.6 Å². The fourth-order valence-corrected chi connectivity index (χ4v) is 4.30. The van der Waals surface area contributed by atoms with E-state index in [0.29, 0.717) is 43.3 Å². The third-order valence-electron chi connectivity index (χ3n) is 4.24. The van der Waals surface area contributed by atoms with Crippen LogP contribution in [0.3, 0.4) is 0 Å². The minimum atomic E-state index is -3.55. The second-order valence-electron chi connectivity index (χ2n) is 5.92. The lowest BCUT2D eigenvalue weighted by Gasteiger charge is -2.29. The molecule has 0 bridgehead atoms. The second-order valence-corrected chi connectivity index (χ2v) is 7.86. The topological polar surface area (TPSA) is 93.4 Å². The normalized spacial score (nSPS) is 17.1. The van der Waals surface area contributed by atoms with Gasteiger partial charge in [-0.15, -0.1) is 10.2 Å². The standard InChI is InChI=1S/C16H19N3O4S/c1-11(20)13-3-5-15(6-4-13)24(21,22)19-9-7-14(8-10-19)16-18-17-12(2)23-16/h3-6,14H,7-10H2,1-2H3. The van der Waals surface area contributed by atoms with E-state index in [9.17, 15) is 13.2 Å². The van der Waals surface area contributed by atoms with Crippen LogP contribution in [0.2, 0.25) is 0 Å². The van der Waals surface area contributed by atoms with Crippen LogP contribution in [-0.2, 0) is 10.0 Å². The van der Waals surface area contributed by atoms with Crippen molar-refractivity contribution < 1.29 is 17.6 Å². The Morgan fingerprint density at radius 1 is 1.17 bits per heavy atom. The molecule has 1 fully saturated rings. The van der Waals surface area contributed by atoms with Crippen LogP contribution in [0.25, 0.3) is 0 Å². The van der Waals surface area contributed by atoms with Crippen LogP contribution in [0.4, 0.5) is 0 Å². The molecule has 1 aliphatic rings. The summed E-state index contributed by atoms with van der Waals surface area (Å²) in [6.07, 6.45) is 1.29. The quantitative estimate of drug-likeness (QED) is 0.785. The number of nitrogens with zero attached hydrogens (tertiary/aromatic N) is 3. The summed E-state index contributed by atoms with van der Waals surface area (Å²) in [5.41, 5.74) is 0.499. The van der Waals surface area contributed by atoms with Crippen LogP contribution in [0.15, 0.2) is 33.6 Å². The van der Waals surface area contributed by atoms with Crippen molar-refractivity contribution in [3.05, 3.63) is 41.6 Å². The van der Waals surface area contributed by atoms with E-state index >= 15 is 0 Å². The van der Waals surface area contributed by atoms with Crippen LogP contribution in [-0.4, -0.2) is 41.8 Å². The Bertz CT molecular complexity index is 834. The highest BCUT2D eigenvalue weighted by Crippen LogP contribution is 2.30. The van der Waals surface area contributed by atoms with Crippen LogP contribution < -0.4 is 0 Å². The number of carbonyl (C=O) groups is 1. The minimum Gasteiger partial charge on any atom is -0.425 e. The number of sulfonamides is 1. The Labute approximate surface area is 140 Å². The number of benzene rings is 1. The maximum Gasteiger partial charge on any atom is 0.243 e. The summed E-state index contributed by atoms with van der Waals surface area (Å²) in [6.45, 7) is 4.00. The summed E-state index contributed by atoms with van der Waals surface area (Å²) in [4.78, 5) is 11.5. The van der Waals surface area contributed by atoms with Gasteiger partial charge in [0, 0.05) is 31.5 Å². The first-order valence-corrected chi connectivity index (χ1v) is 9.23. The number of rotatable bonds is 4. The first-order valence-electron chi connectivity index (χ1n) is 7.79. The van der Waals surface area contributed by atoms with Gasteiger partial charge < -0.3 is 4.42 Å². The summed E-state index contributed by atoms with van der Waals surface area (Å²) in [5.74, 6) is 1.10. The zero-order chi connectivity index (χ0) is 17.3. The van der Waals surface area contributed by atoms with Gasteiger partial charge in [0.05, 0.1) is 4.90 Å². The van der Waals surface area contributed by atoms with Crippen molar-refractivity contribution in [3.63, 3.8) is 0 Å². The van der Waals surface area contributed by atoms with E-state index in [1.54, 1.807) is 19.1 Å². The van der Waals surface area contributed by atoms with Crippen molar-refractivity contribution in [1.82, 2.24) is 14.5 Å². The van der Waals surface area contributed by atoms with Gasteiger partial charge in [0.1, 0.15) is 0 Å². The fraction of sp³-hybridized carbons (Fsp3) is 0.438. The minimum absolute atomic E-state index is 0.0883. The van der Waals surface area contributed by atoms with E-state index in [2.05, 4.69) is 10.2 Å². The molecule has 1 aromatic carbocycles. The highest BCUT2D eigenvalue weighted by Gasteiger charge is 2.31. The molecule has 0 unspecified atom stereocenters. The largest absolute Gasteiger partial charge is 0.425 e. The Kier molecular flexibility index (Phi) is 4.51. The molecule has 0 amide bonds. The molecule has 2 heterocycles. The Hall–Kier alpha value is -2.06. The zero-order valence-electron chi connectivity index (χ0n) is 13.6. The Morgan fingerprint density at radius 2 is 1.79 bits per heavy atom. The molecule has 0 radical (unpaired) electrons. The van der Waals surface area contributed by atoms with Crippen molar-refractivity contribution in [2.24, 2.45) is 0 Å². The van der Waals surface area contributed by atoms with Crippen molar-refractivity contribution in [2.45, 2.75) is 37.5 Å². The van der Waals surface area contributed by atoms with Gasteiger partial charge in [0.15, 0.2) is 5.78 Å². The molecule has 1 aromatic heterocycles. The van der Waals surface area contributed by atoms with Crippen molar-refractivity contribution >= 4 is 15.8 Å². The van der Waals surface area contributed by atoms with Gasteiger partial charge >= 0.3 is 0 Å². The molecule has 24 heavy (non-hydrogen) atoms. The molecule has 0 spiro atoms. The molecule has 0 atom stereocenters. The number of piperidine rings is 1. The van der Waals surface area contributed by atoms with E-state index < -0.39 is 10.0 Å². The lowest BCUT2D eigenvalue weighted by atomic mass is 9.98. The number of aryl methyl sites for hydroxylation is 1. The predicted octanol–water partition coefficient (Wildman–Crippen LogP) is 2.15.